The van der Waals surface area contributed by atoms with Gasteiger partial charge in [-0.2, -0.15) is 0 Å². The summed E-state index contributed by atoms with van der Waals surface area (Å²) >= 11 is 1.76. The van der Waals surface area contributed by atoms with E-state index in [1.54, 1.807) is 11.3 Å². The number of benzene rings is 1. The van der Waals surface area contributed by atoms with Gasteiger partial charge in [0, 0.05) is 23.5 Å². The fourth-order valence-electron chi connectivity index (χ4n) is 3.36. The van der Waals surface area contributed by atoms with Crippen molar-refractivity contribution in [1.29, 1.82) is 0 Å². The molecule has 1 fully saturated rings. The standard InChI is InChI=1S/C19H27N3S/c1-15(12-17-6-4-3-5-7-17)22-10-8-18(9-11-22)20-13-19-16(2)21-14-23-19/h3-7,14-15,18,20H,8-13H2,1-2H3. The first kappa shape index (κ1) is 16.6. The van der Waals surface area contributed by atoms with Gasteiger partial charge in [-0.25, -0.2) is 4.98 Å². The number of hydrogen-bond donors (Lipinski definition) is 1. The van der Waals surface area contributed by atoms with Gasteiger partial charge in [-0.05, 0) is 51.8 Å². The summed E-state index contributed by atoms with van der Waals surface area (Å²) in [4.78, 5) is 8.35. The van der Waals surface area contributed by atoms with Gasteiger partial charge in [0.05, 0.1) is 11.2 Å². The number of hydrogen-bond acceptors (Lipinski definition) is 4. The highest BCUT2D eigenvalue weighted by molar-refractivity contribution is 7.09. The Morgan fingerprint density at radius 2 is 2.00 bits per heavy atom. The fraction of sp³-hybridized carbons (Fsp3) is 0.526. The molecule has 3 nitrogen and oxygen atoms in total. The van der Waals surface area contributed by atoms with Gasteiger partial charge in [0.2, 0.25) is 0 Å². The van der Waals surface area contributed by atoms with Gasteiger partial charge < -0.3 is 10.2 Å². The lowest BCUT2D eigenvalue weighted by Gasteiger charge is -2.36. The molecule has 0 saturated carbocycles. The van der Waals surface area contributed by atoms with Crippen LogP contribution in [0.5, 0.6) is 0 Å². The summed E-state index contributed by atoms with van der Waals surface area (Å²) < 4.78 is 0. The van der Waals surface area contributed by atoms with Crippen LogP contribution in [0.1, 0.15) is 35.9 Å². The topological polar surface area (TPSA) is 28.2 Å². The number of thiazole rings is 1. The molecule has 0 amide bonds. The molecule has 0 aliphatic carbocycles. The molecule has 0 radical (unpaired) electrons. The third-order valence-corrected chi connectivity index (χ3v) is 5.86. The van der Waals surface area contributed by atoms with Crippen molar-refractivity contribution in [1.82, 2.24) is 15.2 Å². The highest BCUT2D eigenvalue weighted by Gasteiger charge is 2.22. The number of piperidine rings is 1. The van der Waals surface area contributed by atoms with Crippen LogP contribution in [0.3, 0.4) is 0 Å². The van der Waals surface area contributed by atoms with Crippen LogP contribution in [0.4, 0.5) is 0 Å². The zero-order valence-electron chi connectivity index (χ0n) is 14.2. The number of rotatable bonds is 6. The quantitative estimate of drug-likeness (QED) is 0.877. The van der Waals surface area contributed by atoms with Crippen molar-refractivity contribution in [3.05, 3.63) is 52.0 Å². The number of nitrogens with zero attached hydrogens (tertiary/aromatic N) is 2. The molecular weight excluding hydrogens is 302 g/mol. The summed E-state index contributed by atoms with van der Waals surface area (Å²) in [5, 5.41) is 3.72. The van der Waals surface area contributed by atoms with Crippen molar-refractivity contribution in [3.8, 4) is 0 Å². The third-order valence-electron chi connectivity index (χ3n) is 4.92. The summed E-state index contributed by atoms with van der Waals surface area (Å²) in [5.74, 6) is 0. The average molecular weight is 330 g/mol. The normalized spacial score (nSPS) is 18.2. The molecule has 1 aromatic carbocycles. The van der Waals surface area contributed by atoms with E-state index in [0.29, 0.717) is 12.1 Å². The van der Waals surface area contributed by atoms with Crippen LogP contribution in [0.15, 0.2) is 35.8 Å². The van der Waals surface area contributed by atoms with E-state index in [-0.39, 0.29) is 0 Å². The molecule has 1 aliphatic heterocycles. The van der Waals surface area contributed by atoms with Crippen LogP contribution in [-0.2, 0) is 13.0 Å². The first-order chi connectivity index (χ1) is 11.2. The van der Waals surface area contributed by atoms with Gasteiger partial charge in [-0.1, -0.05) is 30.3 Å². The second kappa shape index (κ2) is 8.04. The van der Waals surface area contributed by atoms with E-state index in [1.165, 1.54) is 42.1 Å². The number of aryl methyl sites for hydroxylation is 1. The van der Waals surface area contributed by atoms with Crippen molar-refractivity contribution in [2.75, 3.05) is 13.1 Å². The number of aromatic nitrogens is 1. The number of likely N-dealkylation sites (tertiary alicyclic amines) is 1. The molecule has 4 heteroatoms. The van der Waals surface area contributed by atoms with Crippen LogP contribution in [0, 0.1) is 6.92 Å². The molecule has 1 saturated heterocycles. The van der Waals surface area contributed by atoms with Crippen molar-refractivity contribution < 1.29 is 0 Å². The highest BCUT2D eigenvalue weighted by atomic mass is 32.1. The van der Waals surface area contributed by atoms with E-state index in [1.807, 2.05) is 5.51 Å². The van der Waals surface area contributed by atoms with Crippen molar-refractivity contribution in [2.45, 2.75) is 51.7 Å². The maximum Gasteiger partial charge on any atom is 0.0798 e. The molecule has 1 aliphatic rings. The van der Waals surface area contributed by atoms with E-state index in [0.717, 1.165) is 13.0 Å². The first-order valence-corrected chi connectivity index (χ1v) is 9.50. The van der Waals surface area contributed by atoms with E-state index >= 15 is 0 Å². The van der Waals surface area contributed by atoms with Crippen LogP contribution in [0.25, 0.3) is 0 Å². The lowest BCUT2D eigenvalue weighted by molar-refractivity contribution is 0.151. The summed E-state index contributed by atoms with van der Waals surface area (Å²) in [6.07, 6.45) is 3.65. The molecule has 0 bridgehead atoms. The van der Waals surface area contributed by atoms with E-state index < -0.39 is 0 Å². The largest absolute Gasteiger partial charge is 0.309 e. The van der Waals surface area contributed by atoms with Gasteiger partial charge in [0.1, 0.15) is 0 Å². The minimum absolute atomic E-state index is 0.627. The summed E-state index contributed by atoms with van der Waals surface area (Å²) in [5.41, 5.74) is 4.57. The third kappa shape index (κ3) is 4.63. The fourth-order valence-corrected chi connectivity index (χ4v) is 4.09. The van der Waals surface area contributed by atoms with Crippen molar-refractivity contribution in [2.24, 2.45) is 0 Å². The minimum atomic E-state index is 0.627. The van der Waals surface area contributed by atoms with Gasteiger partial charge in [0.25, 0.3) is 0 Å². The summed E-state index contributed by atoms with van der Waals surface area (Å²) in [7, 11) is 0. The molecule has 23 heavy (non-hydrogen) atoms. The lowest BCUT2D eigenvalue weighted by atomic mass is 10.00. The van der Waals surface area contributed by atoms with Crippen molar-refractivity contribution in [3.63, 3.8) is 0 Å². The second-order valence-corrected chi connectivity index (χ2v) is 7.53. The van der Waals surface area contributed by atoms with Crippen LogP contribution >= 0.6 is 11.3 Å². The Bertz CT molecular complexity index is 588. The smallest absolute Gasteiger partial charge is 0.0798 e. The Labute approximate surface area is 143 Å². The Morgan fingerprint density at radius 1 is 1.26 bits per heavy atom. The van der Waals surface area contributed by atoms with Gasteiger partial charge in [0.15, 0.2) is 0 Å². The Kier molecular flexibility index (Phi) is 5.81. The molecular formula is C19H27N3S. The van der Waals surface area contributed by atoms with Crippen molar-refractivity contribution >= 4 is 11.3 Å². The first-order valence-electron chi connectivity index (χ1n) is 8.62. The zero-order chi connectivity index (χ0) is 16.1. The highest BCUT2D eigenvalue weighted by Crippen LogP contribution is 2.18. The van der Waals surface area contributed by atoms with Crippen LogP contribution < -0.4 is 5.32 Å². The Morgan fingerprint density at radius 3 is 2.65 bits per heavy atom. The molecule has 1 N–H and O–H groups in total. The predicted octanol–water partition coefficient (Wildman–Crippen LogP) is 3.64. The number of nitrogens with one attached hydrogen (secondary N) is 1. The molecule has 1 aromatic heterocycles. The second-order valence-electron chi connectivity index (χ2n) is 6.59. The van der Waals surface area contributed by atoms with E-state index in [9.17, 15) is 0 Å². The Balaban J connectivity index is 1.42. The van der Waals surface area contributed by atoms with Gasteiger partial charge >= 0.3 is 0 Å². The molecule has 2 aromatic rings. The monoisotopic (exact) mass is 329 g/mol. The minimum Gasteiger partial charge on any atom is -0.309 e. The zero-order valence-corrected chi connectivity index (χ0v) is 15.0. The van der Waals surface area contributed by atoms with Gasteiger partial charge in [-0.3, -0.25) is 0 Å². The SMILES string of the molecule is Cc1ncsc1CNC1CCN(C(C)Cc2ccccc2)CC1. The van der Waals surface area contributed by atoms with Crippen LogP contribution in [-0.4, -0.2) is 35.1 Å². The molecule has 3 rings (SSSR count). The van der Waals surface area contributed by atoms with E-state index in [2.05, 4.69) is 59.4 Å². The molecule has 1 atom stereocenters. The predicted molar refractivity (Wildman–Crippen MR) is 97.9 cm³/mol. The maximum absolute atomic E-state index is 4.33. The average Bonchev–Trinajstić information content (AvgIpc) is 2.99. The van der Waals surface area contributed by atoms with Crippen LogP contribution in [0.2, 0.25) is 0 Å². The molecule has 1 unspecified atom stereocenters. The van der Waals surface area contributed by atoms with E-state index in [4.69, 9.17) is 0 Å². The Hall–Kier alpha value is -1.23. The summed E-state index contributed by atoms with van der Waals surface area (Å²) in [6.45, 7) is 7.84. The lowest BCUT2D eigenvalue weighted by Crippen LogP contribution is -2.46. The van der Waals surface area contributed by atoms with Gasteiger partial charge in [-0.15, -0.1) is 11.3 Å². The molecule has 2 heterocycles. The summed E-state index contributed by atoms with van der Waals surface area (Å²) in [6, 6.07) is 12.1. The molecule has 124 valence electrons. The molecule has 0 spiro atoms. The maximum atomic E-state index is 4.33.